The number of aromatic carboxylic acids is 1. The number of carbonyl (C=O) groups is 2. The monoisotopic (exact) mass is 331 g/mol. The molecule has 0 saturated carbocycles. The number of rotatable bonds is 3. The fourth-order valence-electron chi connectivity index (χ4n) is 2.13. The van der Waals surface area contributed by atoms with Gasteiger partial charge in [0.2, 0.25) is 5.91 Å². The summed E-state index contributed by atoms with van der Waals surface area (Å²) < 4.78 is 0. The summed E-state index contributed by atoms with van der Waals surface area (Å²) in [6, 6.07) is 0. The lowest BCUT2D eigenvalue weighted by Gasteiger charge is -2.15. The maximum atomic E-state index is 12.0. The second-order valence-electron chi connectivity index (χ2n) is 4.50. The van der Waals surface area contributed by atoms with E-state index in [1.165, 1.54) is 11.3 Å². The minimum Gasteiger partial charge on any atom is -0.478 e. The van der Waals surface area contributed by atoms with Crippen molar-refractivity contribution in [3.63, 3.8) is 0 Å². The number of alkyl halides is 1. The van der Waals surface area contributed by atoms with Gasteiger partial charge in [-0.2, -0.15) is 0 Å². The van der Waals surface area contributed by atoms with Crippen molar-refractivity contribution in [2.24, 2.45) is 5.92 Å². The molecule has 0 radical (unpaired) electrons. The third-order valence-corrected chi connectivity index (χ3v) is 5.39. The Balaban J connectivity index is 2.43. The maximum Gasteiger partial charge on any atom is 0.339 e. The lowest BCUT2D eigenvalue weighted by Crippen LogP contribution is -2.25. The maximum absolute atomic E-state index is 12.0. The summed E-state index contributed by atoms with van der Waals surface area (Å²) in [6.45, 7) is 4.28. The van der Waals surface area contributed by atoms with Gasteiger partial charge in [0.1, 0.15) is 5.00 Å². The van der Waals surface area contributed by atoms with E-state index in [0.717, 1.165) is 15.8 Å². The normalized spacial score (nSPS) is 19.6. The highest BCUT2D eigenvalue weighted by molar-refractivity contribution is 9.09. The Bertz CT molecular complexity index is 512. The van der Waals surface area contributed by atoms with Gasteiger partial charge < -0.3 is 10.0 Å². The first-order chi connectivity index (χ1) is 8.45. The van der Waals surface area contributed by atoms with Crippen molar-refractivity contribution in [3.05, 3.63) is 16.0 Å². The van der Waals surface area contributed by atoms with Crippen molar-refractivity contribution >= 4 is 44.1 Å². The van der Waals surface area contributed by atoms with Gasteiger partial charge in [-0.1, -0.05) is 15.9 Å². The van der Waals surface area contributed by atoms with Crippen molar-refractivity contribution in [2.45, 2.75) is 20.3 Å². The van der Waals surface area contributed by atoms with Gasteiger partial charge in [0.05, 0.1) is 5.56 Å². The first-order valence-electron chi connectivity index (χ1n) is 5.65. The van der Waals surface area contributed by atoms with E-state index in [1.54, 1.807) is 11.8 Å². The van der Waals surface area contributed by atoms with Crippen LogP contribution in [-0.2, 0) is 4.79 Å². The van der Waals surface area contributed by atoms with E-state index in [0.29, 0.717) is 18.0 Å². The van der Waals surface area contributed by atoms with Crippen LogP contribution in [0.4, 0.5) is 5.00 Å². The first kappa shape index (κ1) is 13.5. The molecule has 2 rings (SSSR count). The molecule has 1 aromatic heterocycles. The van der Waals surface area contributed by atoms with Crippen molar-refractivity contribution in [3.8, 4) is 0 Å². The van der Waals surface area contributed by atoms with Gasteiger partial charge in [-0.3, -0.25) is 4.79 Å². The summed E-state index contributed by atoms with van der Waals surface area (Å²) in [5.41, 5.74) is 1.04. The van der Waals surface area contributed by atoms with Gasteiger partial charge in [0.15, 0.2) is 0 Å². The third kappa shape index (κ3) is 2.19. The number of carboxylic acid groups (broad SMARTS) is 1. The smallest absolute Gasteiger partial charge is 0.339 e. The average molecular weight is 332 g/mol. The van der Waals surface area contributed by atoms with Gasteiger partial charge in [-0.05, 0) is 25.3 Å². The van der Waals surface area contributed by atoms with Crippen molar-refractivity contribution in [1.82, 2.24) is 0 Å². The highest BCUT2D eigenvalue weighted by atomic mass is 79.9. The number of hydrogen-bond acceptors (Lipinski definition) is 3. The van der Waals surface area contributed by atoms with Crippen LogP contribution in [0.25, 0.3) is 0 Å². The van der Waals surface area contributed by atoms with E-state index >= 15 is 0 Å². The molecule has 1 N–H and O–H groups in total. The van der Waals surface area contributed by atoms with Crippen LogP contribution < -0.4 is 4.90 Å². The average Bonchev–Trinajstić information content (AvgIpc) is 2.81. The molecule has 1 atom stereocenters. The van der Waals surface area contributed by atoms with E-state index in [-0.39, 0.29) is 17.4 Å². The van der Waals surface area contributed by atoms with Crippen LogP contribution in [0.3, 0.4) is 0 Å². The van der Waals surface area contributed by atoms with Crippen molar-refractivity contribution in [1.29, 1.82) is 0 Å². The number of thiophene rings is 1. The predicted octanol–water partition coefficient (Wildman–Crippen LogP) is 2.81. The Morgan fingerprint density at radius 1 is 1.56 bits per heavy atom. The summed E-state index contributed by atoms with van der Waals surface area (Å²) in [5, 5.41) is 10.6. The molecule has 0 aromatic carbocycles. The molecule has 1 aliphatic rings. The molecule has 2 heterocycles. The zero-order chi connectivity index (χ0) is 13.4. The Morgan fingerprint density at radius 3 is 2.72 bits per heavy atom. The number of anilines is 1. The summed E-state index contributed by atoms with van der Waals surface area (Å²) in [4.78, 5) is 25.9. The van der Waals surface area contributed by atoms with Crippen molar-refractivity contribution < 1.29 is 14.7 Å². The molecule has 98 valence electrons. The van der Waals surface area contributed by atoms with Crippen LogP contribution in [0.15, 0.2) is 0 Å². The number of aryl methyl sites for hydroxylation is 1. The summed E-state index contributed by atoms with van der Waals surface area (Å²) in [5.74, 6) is -0.674. The topological polar surface area (TPSA) is 57.6 Å². The number of carbonyl (C=O) groups excluding carboxylic acids is 1. The quantitative estimate of drug-likeness (QED) is 0.866. The Morgan fingerprint density at radius 2 is 2.22 bits per heavy atom. The van der Waals surface area contributed by atoms with Crippen LogP contribution in [0.5, 0.6) is 0 Å². The van der Waals surface area contributed by atoms with E-state index in [2.05, 4.69) is 15.9 Å². The van der Waals surface area contributed by atoms with Crippen LogP contribution in [0.1, 0.15) is 27.2 Å². The van der Waals surface area contributed by atoms with Crippen LogP contribution in [0, 0.1) is 19.8 Å². The van der Waals surface area contributed by atoms with Gasteiger partial charge in [0.25, 0.3) is 0 Å². The molecule has 0 bridgehead atoms. The number of hydrogen-bond donors (Lipinski definition) is 1. The van der Waals surface area contributed by atoms with Crippen LogP contribution in [0.2, 0.25) is 0 Å². The first-order valence-corrected chi connectivity index (χ1v) is 7.59. The number of halogens is 1. The second-order valence-corrected chi connectivity index (χ2v) is 6.35. The largest absolute Gasteiger partial charge is 0.478 e. The summed E-state index contributed by atoms with van der Waals surface area (Å²) >= 11 is 4.77. The zero-order valence-electron chi connectivity index (χ0n) is 10.2. The predicted molar refractivity (Wildman–Crippen MR) is 75.0 cm³/mol. The molecule has 1 fully saturated rings. The van der Waals surface area contributed by atoms with Gasteiger partial charge in [-0.15, -0.1) is 11.3 Å². The van der Waals surface area contributed by atoms with Crippen LogP contribution in [-0.4, -0.2) is 28.9 Å². The highest BCUT2D eigenvalue weighted by Crippen LogP contribution is 2.38. The molecule has 4 nitrogen and oxygen atoms in total. The lowest BCUT2D eigenvalue weighted by atomic mass is 10.1. The number of carboxylic acids is 1. The number of nitrogens with zero attached hydrogens (tertiary/aromatic N) is 1. The summed E-state index contributed by atoms with van der Waals surface area (Å²) in [6.07, 6.45) is 0.486. The molecular weight excluding hydrogens is 318 g/mol. The van der Waals surface area contributed by atoms with E-state index < -0.39 is 5.97 Å². The highest BCUT2D eigenvalue weighted by Gasteiger charge is 2.34. The van der Waals surface area contributed by atoms with Crippen LogP contribution >= 0.6 is 27.3 Å². The molecule has 0 spiro atoms. The van der Waals surface area contributed by atoms with Crippen molar-refractivity contribution in [2.75, 3.05) is 16.8 Å². The fraction of sp³-hybridized carbons (Fsp3) is 0.500. The van der Waals surface area contributed by atoms with Gasteiger partial charge in [0, 0.05) is 23.2 Å². The molecule has 1 aliphatic heterocycles. The third-order valence-electron chi connectivity index (χ3n) is 3.25. The SMILES string of the molecule is Cc1sc(N2CC(CBr)CC2=O)c(C(=O)O)c1C. The molecule has 6 heteroatoms. The number of amides is 1. The summed E-state index contributed by atoms with van der Waals surface area (Å²) in [7, 11) is 0. The van der Waals surface area contributed by atoms with E-state index in [9.17, 15) is 14.7 Å². The van der Waals surface area contributed by atoms with Gasteiger partial charge >= 0.3 is 5.97 Å². The lowest BCUT2D eigenvalue weighted by molar-refractivity contribution is -0.117. The molecule has 1 aromatic rings. The Kier molecular flexibility index (Phi) is 3.77. The minimum atomic E-state index is -0.957. The Hall–Kier alpha value is -0.880. The Labute approximate surface area is 118 Å². The molecule has 1 saturated heterocycles. The molecule has 18 heavy (non-hydrogen) atoms. The molecule has 1 unspecified atom stereocenters. The van der Waals surface area contributed by atoms with E-state index in [4.69, 9.17) is 0 Å². The standard InChI is InChI=1S/C12H14BrNO3S/c1-6-7(2)18-11(10(6)12(16)17)14-5-8(4-13)3-9(14)15/h8H,3-5H2,1-2H3,(H,16,17). The van der Waals surface area contributed by atoms with Gasteiger partial charge in [-0.25, -0.2) is 4.79 Å². The molecular formula is C12H14BrNO3S. The molecule has 0 aliphatic carbocycles. The fourth-order valence-corrected chi connectivity index (χ4v) is 3.74. The zero-order valence-corrected chi connectivity index (χ0v) is 12.6. The van der Waals surface area contributed by atoms with E-state index in [1.807, 2.05) is 6.92 Å². The molecule has 1 amide bonds. The second kappa shape index (κ2) is 5.01. The minimum absolute atomic E-state index is 0.0169.